The lowest BCUT2D eigenvalue weighted by Gasteiger charge is -2.34. The molecule has 2 aromatic rings. The van der Waals surface area contributed by atoms with Crippen molar-refractivity contribution in [2.24, 2.45) is 11.7 Å². The Morgan fingerprint density at radius 2 is 2.41 bits per heavy atom. The second kappa shape index (κ2) is 4.37. The van der Waals surface area contributed by atoms with Crippen molar-refractivity contribution in [3.8, 4) is 0 Å². The molecule has 0 radical (unpaired) electrons. The molecule has 1 aliphatic heterocycles. The van der Waals surface area contributed by atoms with Gasteiger partial charge in [-0.1, -0.05) is 6.07 Å². The van der Waals surface area contributed by atoms with Crippen LogP contribution in [-0.2, 0) is 0 Å². The predicted octanol–water partition coefficient (Wildman–Crippen LogP) is 1.74. The van der Waals surface area contributed by atoms with Gasteiger partial charge in [-0.2, -0.15) is 0 Å². The first kappa shape index (κ1) is 10.6. The molecule has 3 rings (SSSR count). The SMILES string of the molecule is NCC1CCCN(c2cccc3[nH]cnc23)C1. The van der Waals surface area contributed by atoms with Gasteiger partial charge in [-0.25, -0.2) is 4.98 Å². The Hall–Kier alpha value is -1.55. The Labute approximate surface area is 101 Å². The summed E-state index contributed by atoms with van der Waals surface area (Å²) in [5.74, 6) is 0.623. The van der Waals surface area contributed by atoms with Gasteiger partial charge in [-0.15, -0.1) is 0 Å². The largest absolute Gasteiger partial charge is 0.369 e. The Balaban J connectivity index is 1.94. The second-order valence-corrected chi connectivity index (χ2v) is 4.77. The Morgan fingerprint density at radius 3 is 3.29 bits per heavy atom. The quantitative estimate of drug-likeness (QED) is 0.826. The van der Waals surface area contributed by atoms with Crippen LogP contribution >= 0.6 is 0 Å². The minimum Gasteiger partial charge on any atom is -0.369 e. The molecule has 0 amide bonds. The van der Waals surface area contributed by atoms with E-state index in [1.807, 2.05) is 0 Å². The molecule has 17 heavy (non-hydrogen) atoms. The molecular formula is C13H18N4. The van der Waals surface area contributed by atoms with Crippen molar-refractivity contribution in [3.05, 3.63) is 24.5 Å². The molecule has 1 aliphatic rings. The van der Waals surface area contributed by atoms with Gasteiger partial charge in [0, 0.05) is 13.1 Å². The molecule has 1 unspecified atom stereocenters. The zero-order chi connectivity index (χ0) is 11.7. The van der Waals surface area contributed by atoms with Gasteiger partial charge in [0.05, 0.1) is 17.5 Å². The zero-order valence-corrected chi connectivity index (χ0v) is 9.89. The number of rotatable bonds is 2. The fourth-order valence-corrected chi connectivity index (χ4v) is 2.68. The molecule has 0 bridgehead atoms. The van der Waals surface area contributed by atoms with Gasteiger partial charge < -0.3 is 15.6 Å². The first-order chi connectivity index (χ1) is 8.38. The number of H-pyrrole nitrogens is 1. The third-order valence-electron chi connectivity index (χ3n) is 3.62. The molecule has 1 fully saturated rings. The highest BCUT2D eigenvalue weighted by atomic mass is 15.1. The van der Waals surface area contributed by atoms with Crippen LogP contribution in [0.3, 0.4) is 0 Å². The van der Waals surface area contributed by atoms with E-state index < -0.39 is 0 Å². The average molecular weight is 230 g/mol. The molecule has 3 N–H and O–H groups in total. The first-order valence-corrected chi connectivity index (χ1v) is 6.25. The summed E-state index contributed by atoms with van der Waals surface area (Å²) in [5, 5.41) is 0. The fourth-order valence-electron chi connectivity index (χ4n) is 2.68. The number of piperidine rings is 1. The maximum Gasteiger partial charge on any atom is 0.112 e. The van der Waals surface area contributed by atoms with Gasteiger partial charge in [0.2, 0.25) is 0 Å². The van der Waals surface area contributed by atoms with Gasteiger partial charge in [0.1, 0.15) is 5.52 Å². The van der Waals surface area contributed by atoms with E-state index in [9.17, 15) is 0 Å². The standard InChI is InChI=1S/C13H18N4/c14-7-10-3-2-6-17(8-10)12-5-1-4-11-13(12)16-9-15-11/h1,4-5,9-10H,2-3,6-8,14H2,(H,15,16). The number of fused-ring (bicyclic) bond motifs is 1. The molecule has 4 nitrogen and oxygen atoms in total. The number of benzene rings is 1. The maximum absolute atomic E-state index is 5.79. The fraction of sp³-hybridized carbons (Fsp3) is 0.462. The molecule has 1 atom stereocenters. The zero-order valence-electron chi connectivity index (χ0n) is 9.89. The van der Waals surface area contributed by atoms with Crippen molar-refractivity contribution in [1.82, 2.24) is 9.97 Å². The molecule has 0 spiro atoms. The average Bonchev–Trinajstić information content (AvgIpc) is 2.87. The van der Waals surface area contributed by atoms with E-state index in [-0.39, 0.29) is 0 Å². The van der Waals surface area contributed by atoms with Crippen LogP contribution < -0.4 is 10.6 Å². The highest BCUT2D eigenvalue weighted by Gasteiger charge is 2.20. The molecule has 1 aromatic heterocycles. The van der Waals surface area contributed by atoms with Crippen LogP contribution in [-0.4, -0.2) is 29.6 Å². The van der Waals surface area contributed by atoms with Gasteiger partial charge in [0.15, 0.2) is 0 Å². The van der Waals surface area contributed by atoms with Crippen molar-refractivity contribution in [1.29, 1.82) is 0 Å². The van der Waals surface area contributed by atoms with Crippen LogP contribution in [0.5, 0.6) is 0 Å². The van der Waals surface area contributed by atoms with Crippen LogP contribution in [0, 0.1) is 5.92 Å². The summed E-state index contributed by atoms with van der Waals surface area (Å²) in [6, 6.07) is 6.31. The summed E-state index contributed by atoms with van der Waals surface area (Å²) >= 11 is 0. The topological polar surface area (TPSA) is 57.9 Å². The smallest absolute Gasteiger partial charge is 0.112 e. The lowest BCUT2D eigenvalue weighted by molar-refractivity contribution is 0.424. The second-order valence-electron chi connectivity index (χ2n) is 4.77. The van der Waals surface area contributed by atoms with Crippen LogP contribution in [0.15, 0.2) is 24.5 Å². The lowest BCUT2D eigenvalue weighted by Crippen LogP contribution is -2.38. The molecule has 1 saturated heterocycles. The highest BCUT2D eigenvalue weighted by molar-refractivity contribution is 5.88. The number of aromatic nitrogens is 2. The van der Waals surface area contributed by atoms with Gasteiger partial charge in [0.25, 0.3) is 0 Å². The molecule has 1 aromatic carbocycles. The van der Waals surface area contributed by atoms with Crippen molar-refractivity contribution in [2.45, 2.75) is 12.8 Å². The Morgan fingerprint density at radius 1 is 1.47 bits per heavy atom. The van der Waals surface area contributed by atoms with Gasteiger partial charge in [-0.05, 0) is 37.4 Å². The summed E-state index contributed by atoms with van der Waals surface area (Å²) in [5.41, 5.74) is 9.21. The molecule has 2 heterocycles. The Bertz CT molecular complexity index is 505. The van der Waals surface area contributed by atoms with Crippen LogP contribution in [0.4, 0.5) is 5.69 Å². The maximum atomic E-state index is 5.79. The molecule has 0 saturated carbocycles. The van der Waals surface area contributed by atoms with Crippen molar-refractivity contribution >= 4 is 16.7 Å². The number of para-hydroxylation sites is 1. The number of nitrogens with two attached hydrogens (primary N) is 1. The van der Waals surface area contributed by atoms with Crippen LogP contribution in [0.25, 0.3) is 11.0 Å². The normalized spacial score (nSPS) is 21.0. The van der Waals surface area contributed by atoms with Gasteiger partial charge in [-0.3, -0.25) is 0 Å². The summed E-state index contributed by atoms with van der Waals surface area (Å²) in [6.07, 6.45) is 4.24. The van der Waals surface area contributed by atoms with Crippen molar-refractivity contribution < 1.29 is 0 Å². The summed E-state index contributed by atoms with van der Waals surface area (Å²) in [6.45, 7) is 2.96. The van der Waals surface area contributed by atoms with Crippen LogP contribution in [0.1, 0.15) is 12.8 Å². The molecule has 0 aliphatic carbocycles. The number of nitrogens with one attached hydrogen (secondary N) is 1. The number of anilines is 1. The monoisotopic (exact) mass is 230 g/mol. The summed E-state index contributed by atoms with van der Waals surface area (Å²) in [4.78, 5) is 10.00. The van der Waals surface area contributed by atoms with Gasteiger partial charge >= 0.3 is 0 Å². The third kappa shape index (κ3) is 1.89. The third-order valence-corrected chi connectivity index (χ3v) is 3.62. The number of hydrogen-bond donors (Lipinski definition) is 2. The molecular weight excluding hydrogens is 212 g/mol. The number of hydrogen-bond acceptors (Lipinski definition) is 3. The minimum absolute atomic E-state index is 0.623. The van der Waals surface area contributed by atoms with E-state index in [4.69, 9.17) is 5.73 Å². The minimum atomic E-state index is 0.623. The van der Waals surface area contributed by atoms with E-state index >= 15 is 0 Å². The van der Waals surface area contributed by atoms with E-state index in [1.165, 1.54) is 18.5 Å². The summed E-state index contributed by atoms with van der Waals surface area (Å²) < 4.78 is 0. The van der Waals surface area contributed by atoms with E-state index in [2.05, 4.69) is 33.1 Å². The van der Waals surface area contributed by atoms with E-state index in [0.29, 0.717) is 5.92 Å². The van der Waals surface area contributed by atoms with E-state index in [0.717, 1.165) is 30.7 Å². The molecule has 4 heteroatoms. The summed E-state index contributed by atoms with van der Waals surface area (Å²) in [7, 11) is 0. The number of nitrogens with zero attached hydrogens (tertiary/aromatic N) is 2. The van der Waals surface area contributed by atoms with Crippen molar-refractivity contribution in [3.63, 3.8) is 0 Å². The number of imidazole rings is 1. The lowest BCUT2D eigenvalue weighted by atomic mass is 9.97. The number of aromatic amines is 1. The molecule has 90 valence electrons. The predicted molar refractivity (Wildman–Crippen MR) is 70.1 cm³/mol. The highest BCUT2D eigenvalue weighted by Crippen LogP contribution is 2.28. The van der Waals surface area contributed by atoms with Crippen LogP contribution in [0.2, 0.25) is 0 Å². The first-order valence-electron chi connectivity index (χ1n) is 6.25. The van der Waals surface area contributed by atoms with E-state index in [1.54, 1.807) is 6.33 Å². The Kier molecular flexibility index (Phi) is 2.73. The van der Waals surface area contributed by atoms with Crippen molar-refractivity contribution in [2.75, 3.05) is 24.5 Å².